The van der Waals surface area contributed by atoms with E-state index in [1.54, 1.807) is 4.90 Å². The van der Waals surface area contributed by atoms with Gasteiger partial charge in [-0.1, -0.05) is 19.1 Å². The van der Waals surface area contributed by atoms with Crippen LogP contribution in [0.5, 0.6) is 0 Å². The monoisotopic (exact) mass is 243 g/mol. The van der Waals surface area contributed by atoms with Gasteiger partial charge in [-0.15, -0.1) is 0 Å². The number of nitrogens with zero attached hydrogens (tertiary/aromatic N) is 3. The molecular weight excluding hydrogens is 226 g/mol. The molecule has 4 nitrogen and oxygen atoms in total. The van der Waals surface area contributed by atoms with E-state index in [1.165, 1.54) is 0 Å². The lowest BCUT2D eigenvalue weighted by Gasteiger charge is -2.15. The molecule has 1 aromatic heterocycles. The molecule has 4 heteroatoms. The Bertz CT molecular complexity index is 602. The van der Waals surface area contributed by atoms with Crippen molar-refractivity contribution in [3.63, 3.8) is 0 Å². The van der Waals surface area contributed by atoms with Crippen LogP contribution in [0.3, 0.4) is 0 Å². The van der Waals surface area contributed by atoms with Crippen molar-refractivity contribution in [1.82, 2.24) is 14.5 Å². The standard InChI is InChI=1S/C14H17N3O/c1-3-13-15-10-6-4-5-7-11(10)17(13)12-8-9-16(2)14(12)18/h4-7,12H,3,8-9H2,1-2H3. The molecule has 1 unspecified atom stereocenters. The molecule has 0 spiro atoms. The van der Waals surface area contributed by atoms with Crippen molar-refractivity contribution >= 4 is 16.9 Å². The average molecular weight is 243 g/mol. The molecule has 0 radical (unpaired) electrons. The summed E-state index contributed by atoms with van der Waals surface area (Å²) in [4.78, 5) is 18.6. The SMILES string of the molecule is CCc1nc2ccccc2n1C1CCN(C)C1=O. The fourth-order valence-electron chi connectivity index (χ4n) is 2.74. The molecule has 0 N–H and O–H groups in total. The maximum atomic E-state index is 12.2. The Kier molecular flexibility index (Phi) is 2.58. The van der Waals surface area contributed by atoms with Crippen LogP contribution in [-0.4, -0.2) is 34.0 Å². The van der Waals surface area contributed by atoms with E-state index in [0.29, 0.717) is 0 Å². The first-order valence-corrected chi connectivity index (χ1v) is 6.43. The zero-order chi connectivity index (χ0) is 12.7. The van der Waals surface area contributed by atoms with Gasteiger partial charge in [0.1, 0.15) is 11.9 Å². The van der Waals surface area contributed by atoms with Crippen molar-refractivity contribution in [3.8, 4) is 0 Å². The minimum atomic E-state index is -0.0719. The summed E-state index contributed by atoms with van der Waals surface area (Å²) in [6.45, 7) is 2.92. The number of likely N-dealkylation sites (N-methyl/N-ethyl adjacent to an activating group) is 1. The number of hydrogen-bond acceptors (Lipinski definition) is 2. The van der Waals surface area contributed by atoms with E-state index in [2.05, 4.69) is 16.5 Å². The number of para-hydroxylation sites is 2. The highest BCUT2D eigenvalue weighted by molar-refractivity contribution is 5.85. The summed E-state index contributed by atoms with van der Waals surface area (Å²) in [5.74, 6) is 1.21. The number of imidazole rings is 1. The van der Waals surface area contributed by atoms with Crippen LogP contribution in [0.25, 0.3) is 11.0 Å². The zero-order valence-electron chi connectivity index (χ0n) is 10.8. The Labute approximate surface area is 106 Å². The van der Waals surface area contributed by atoms with Crippen molar-refractivity contribution in [2.45, 2.75) is 25.8 Å². The molecule has 1 amide bonds. The molecule has 18 heavy (non-hydrogen) atoms. The van der Waals surface area contributed by atoms with Crippen molar-refractivity contribution in [3.05, 3.63) is 30.1 Å². The van der Waals surface area contributed by atoms with Gasteiger partial charge < -0.3 is 9.47 Å². The molecule has 1 aliphatic heterocycles. The van der Waals surface area contributed by atoms with Gasteiger partial charge >= 0.3 is 0 Å². The summed E-state index contributed by atoms with van der Waals surface area (Å²) in [6, 6.07) is 7.98. The third-order valence-corrected chi connectivity index (χ3v) is 3.70. The number of carbonyl (C=O) groups excluding carboxylic acids is 1. The summed E-state index contributed by atoms with van der Waals surface area (Å²) in [6.07, 6.45) is 1.73. The summed E-state index contributed by atoms with van der Waals surface area (Å²) in [5, 5.41) is 0. The smallest absolute Gasteiger partial charge is 0.245 e. The van der Waals surface area contributed by atoms with Crippen LogP contribution >= 0.6 is 0 Å². The van der Waals surface area contributed by atoms with Gasteiger partial charge in [-0.3, -0.25) is 4.79 Å². The first-order valence-electron chi connectivity index (χ1n) is 6.43. The van der Waals surface area contributed by atoms with E-state index < -0.39 is 0 Å². The van der Waals surface area contributed by atoms with Crippen LogP contribution in [0.2, 0.25) is 0 Å². The first-order chi connectivity index (χ1) is 8.72. The predicted molar refractivity (Wildman–Crippen MR) is 70.4 cm³/mol. The first kappa shape index (κ1) is 11.3. The number of aromatic nitrogens is 2. The Morgan fingerprint density at radius 1 is 1.39 bits per heavy atom. The van der Waals surface area contributed by atoms with E-state index in [1.807, 2.05) is 31.3 Å². The quantitative estimate of drug-likeness (QED) is 0.809. The van der Waals surface area contributed by atoms with E-state index in [-0.39, 0.29) is 11.9 Å². The average Bonchev–Trinajstić information content (AvgIpc) is 2.91. The van der Waals surface area contributed by atoms with Crippen LogP contribution in [0.15, 0.2) is 24.3 Å². The second-order valence-corrected chi connectivity index (χ2v) is 4.80. The van der Waals surface area contributed by atoms with Gasteiger partial charge in [0.25, 0.3) is 0 Å². The number of aryl methyl sites for hydroxylation is 1. The molecular formula is C14H17N3O. The second kappa shape index (κ2) is 4.12. The topological polar surface area (TPSA) is 38.1 Å². The number of benzene rings is 1. The van der Waals surface area contributed by atoms with Gasteiger partial charge in [0.05, 0.1) is 11.0 Å². The van der Waals surface area contributed by atoms with E-state index >= 15 is 0 Å². The van der Waals surface area contributed by atoms with Gasteiger partial charge in [0.15, 0.2) is 0 Å². The number of rotatable bonds is 2. The molecule has 0 aliphatic carbocycles. The molecule has 0 bridgehead atoms. The van der Waals surface area contributed by atoms with Crippen molar-refractivity contribution < 1.29 is 4.79 Å². The fraction of sp³-hybridized carbons (Fsp3) is 0.429. The van der Waals surface area contributed by atoms with E-state index in [9.17, 15) is 4.79 Å². The minimum absolute atomic E-state index is 0.0719. The molecule has 2 heterocycles. The van der Waals surface area contributed by atoms with Crippen LogP contribution in [-0.2, 0) is 11.2 Å². The van der Waals surface area contributed by atoms with Crippen LogP contribution < -0.4 is 0 Å². The summed E-state index contributed by atoms with van der Waals surface area (Å²) in [7, 11) is 1.87. The van der Waals surface area contributed by atoms with Gasteiger partial charge in [0, 0.05) is 20.0 Å². The zero-order valence-corrected chi connectivity index (χ0v) is 10.8. The van der Waals surface area contributed by atoms with Gasteiger partial charge in [-0.2, -0.15) is 0 Å². The third-order valence-electron chi connectivity index (χ3n) is 3.70. The van der Waals surface area contributed by atoms with Crippen molar-refractivity contribution in [2.75, 3.05) is 13.6 Å². The normalized spacial score (nSPS) is 20.0. The molecule has 1 aliphatic rings. The largest absolute Gasteiger partial charge is 0.344 e. The number of hydrogen-bond donors (Lipinski definition) is 0. The molecule has 0 saturated carbocycles. The van der Waals surface area contributed by atoms with Gasteiger partial charge in [-0.25, -0.2) is 4.98 Å². The second-order valence-electron chi connectivity index (χ2n) is 4.80. The van der Waals surface area contributed by atoms with E-state index in [4.69, 9.17) is 0 Å². The molecule has 2 aromatic rings. The summed E-state index contributed by atoms with van der Waals surface area (Å²) >= 11 is 0. The number of carbonyl (C=O) groups is 1. The van der Waals surface area contributed by atoms with Crippen molar-refractivity contribution in [1.29, 1.82) is 0 Å². The van der Waals surface area contributed by atoms with Crippen LogP contribution in [0.1, 0.15) is 25.2 Å². The molecule has 94 valence electrons. The Hall–Kier alpha value is -1.84. The highest BCUT2D eigenvalue weighted by atomic mass is 16.2. The summed E-state index contributed by atoms with van der Waals surface area (Å²) in [5.41, 5.74) is 2.06. The number of amides is 1. The molecule has 1 atom stereocenters. The summed E-state index contributed by atoms with van der Waals surface area (Å²) < 4.78 is 2.13. The fourth-order valence-corrected chi connectivity index (χ4v) is 2.74. The van der Waals surface area contributed by atoms with Crippen LogP contribution in [0, 0.1) is 0 Å². The molecule has 1 fully saturated rings. The minimum Gasteiger partial charge on any atom is -0.344 e. The Balaban J connectivity index is 2.18. The number of fused-ring (bicyclic) bond motifs is 1. The van der Waals surface area contributed by atoms with Gasteiger partial charge in [-0.05, 0) is 18.6 Å². The lowest BCUT2D eigenvalue weighted by atomic mass is 10.2. The van der Waals surface area contributed by atoms with Crippen LogP contribution in [0.4, 0.5) is 0 Å². The molecule has 1 saturated heterocycles. The maximum Gasteiger partial charge on any atom is 0.245 e. The predicted octanol–water partition coefficient (Wildman–Crippen LogP) is 2.00. The highest BCUT2D eigenvalue weighted by Crippen LogP contribution is 2.28. The Morgan fingerprint density at radius 3 is 2.83 bits per heavy atom. The van der Waals surface area contributed by atoms with Gasteiger partial charge in [0.2, 0.25) is 5.91 Å². The Morgan fingerprint density at radius 2 is 2.17 bits per heavy atom. The molecule has 1 aromatic carbocycles. The molecule has 3 rings (SSSR count). The number of likely N-dealkylation sites (tertiary alicyclic amines) is 1. The third kappa shape index (κ3) is 1.52. The highest BCUT2D eigenvalue weighted by Gasteiger charge is 2.32. The van der Waals surface area contributed by atoms with Crippen molar-refractivity contribution in [2.24, 2.45) is 0 Å². The lowest BCUT2D eigenvalue weighted by Crippen LogP contribution is -2.25. The maximum absolute atomic E-state index is 12.2. The lowest BCUT2D eigenvalue weighted by molar-refractivity contribution is -0.129. The van der Waals surface area contributed by atoms with E-state index in [0.717, 1.165) is 36.2 Å².